The smallest absolute Gasteiger partial charge is 0.174 e. The number of phenols is 2. The van der Waals surface area contributed by atoms with Crippen molar-refractivity contribution in [2.75, 3.05) is 7.11 Å². The van der Waals surface area contributed by atoms with E-state index in [4.69, 9.17) is 13.9 Å². The number of phenolic OH excluding ortho intramolecular Hbond substituents is 2. The van der Waals surface area contributed by atoms with Crippen molar-refractivity contribution in [1.29, 1.82) is 0 Å². The van der Waals surface area contributed by atoms with Crippen molar-refractivity contribution in [3.63, 3.8) is 0 Å². The van der Waals surface area contributed by atoms with Gasteiger partial charge in [0.05, 0.1) is 25.2 Å². The number of Topliss-reactive ketones (excluding diaryl/α,β-unsaturated/α-hetero) is 1. The number of aromatic hydroxyl groups is 2. The van der Waals surface area contributed by atoms with Crippen molar-refractivity contribution in [1.82, 2.24) is 0 Å². The number of fused-ring (bicyclic) bond motifs is 3. The van der Waals surface area contributed by atoms with Crippen molar-refractivity contribution < 1.29 is 28.9 Å². The fourth-order valence-corrected chi connectivity index (χ4v) is 3.69. The molecule has 2 heterocycles. The van der Waals surface area contributed by atoms with Gasteiger partial charge < -0.3 is 24.1 Å². The van der Waals surface area contributed by atoms with E-state index >= 15 is 0 Å². The molecule has 0 amide bonds. The minimum Gasteiger partial charge on any atom is -0.504 e. The summed E-state index contributed by atoms with van der Waals surface area (Å²) in [4.78, 5) is 13.1. The van der Waals surface area contributed by atoms with Crippen LogP contribution in [0.4, 0.5) is 0 Å². The summed E-state index contributed by atoms with van der Waals surface area (Å²) in [5, 5.41) is 20.2. The minimum absolute atomic E-state index is 0.0986. The van der Waals surface area contributed by atoms with Gasteiger partial charge in [-0.1, -0.05) is 17.7 Å². The molecule has 1 aliphatic heterocycles. The van der Waals surface area contributed by atoms with Gasteiger partial charge in [-0.3, -0.25) is 4.79 Å². The van der Waals surface area contributed by atoms with Crippen LogP contribution < -0.4 is 9.47 Å². The van der Waals surface area contributed by atoms with Crippen LogP contribution in [-0.4, -0.2) is 23.1 Å². The molecule has 0 unspecified atom stereocenters. The predicted molar refractivity (Wildman–Crippen MR) is 108 cm³/mol. The maximum atomic E-state index is 13.1. The summed E-state index contributed by atoms with van der Waals surface area (Å²) < 4.78 is 17.6. The van der Waals surface area contributed by atoms with Crippen molar-refractivity contribution in [2.45, 2.75) is 32.8 Å². The van der Waals surface area contributed by atoms with Gasteiger partial charge in [-0.05, 0) is 44.0 Å². The van der Waals surface area contributed by atoms with E-state index in [0.29, 0.717) is 34.6 Å². The monoisotopic (exact) mass is 394 g/mol. The molecule has 3 aromatic rings. The summed E-state index contributed by atoms with van der Waals surface area (Å²) in [6.45, 7) is 4.01. The zero-order valence-electron chi connectivity index (χ0n) is 16.5. The molecule has 6 nitrogen and oxygen atoms in total. The normalized spacial score (nSPS) is 15.7. The number of benzene rings is 2. The zero-order valence-corrected chi connectivity index (χ0v) is 16.5. The number of rotatable bonds is 4. The first-order valence-electron chi connectivity index (χ1n) is 9.35. The third kappa shape index (κ3) is 3.20. The van der Waals surface area contributed by atoms with Gasteiger partial charge in [0.25, 0.3) is 0 Å². The van der Waals surface area contributed by atoms with Crippen LogP contribution in [0.3, 0.4) is 0 Å². The molecular formula is C23H22O6. The van der Waals surface area contributed by atoms with Crippen LogP contribution in [0.15, 0.2) is 46.6 Å². The molecule has 2 aromatic carbocycles. The van der Waals surface area contributed by atoms with Crippen LogP contribution in [0.1, 0.15) is 47.9 Å². The Hall–Kier alpha value is -3.41. The second kappa shape index (κ2) is 7.20. The summed E-state index contributed by atoms with van der Waals surface area (Å²) in [7, 11) is 1.58. The van der Waals surface area contributed by atoms with Crippen molar-refractivity contribution >= 4 is 16.8 Å². The predicted octanol–water partition coefficient (Wildman–Crippen LogP) is 5.07. The Morgan fingerprint density at radius 3 is 2.72 bits per heavy atom. The standard InChI is InChI=1S/C23H22O6/c1-12(2)4-6-14-21(27-3)15-8-9-28-22(15)20-18(26)11-19(29-23(14)20)13-5-7-16(24)17(25)10-13/h4-5,7-10,19,24-25H,6,11H2,1-3H3/t19-/m1/s1. The molecule has 0 aliphatic carbocycles. The van der Waals surface area contributed by atoms with Crippen LogP contribution in [0.5, 0.6) is 23.0 Å². The molecule has 0 radical (unpaired) electrons. The molecular weight excluding hydrogens is 372 g/mol. The fraction of sp³-hybridized carbons (Fsp3) is 0.261. The lowest BCUT2D eigenvalue weighted by molar-refractivity contribution is 0.0848. The number of ether oxygens (including phenoxy) is 2. The lowest BCUT2D eigenvalue weighted by Crippen LogP contribution is -2.22. The number of allylic oxidation sites excluding steroid dienone is 2. The number of carbonyl (C=O) groups is 1. The van der Waals surface area contributed by atoms with E-state index in [1.165, 1.54) is 18.4 Å². The molecule has 4 rings (SSSR count). The summed E-state index contributed by atoms with van der Waals surface area (Å²) in [6, 6.07) is 6.22. The highest BCUT2D eigenvalue weighted by Gasteiger charge is 2.35. The third-order valence-corrected chi connectivity index (χ3v) is 5.11. The lowest BCUT2D eigenvalue weighted by atomic mass is 9.91. The molecule has 0 bridgehead atoms. The number of methoxy groups -OCH3 is 1. The van der Waals surface area contributed by atoms with E-state index in [9.17, 15) is 15.0 Å². The topological polar surface area (TPSA) is 89.1 Å². The Balaban J connectivity index is 1.90. The van der Waals surface area contributed by atoms with Gasteiger partial charge in [0, 0.05) is 5.56 Å². The van der Waals surface area contributed by atoms with Gasteiger partial charge in [0.1, 0.15) is 23.2 Å². The van der Waals surface area contributed by atoms with Crippen LogP contribution in [0.25, 0.3) is 11.0 Å². The number of furan rings is 1. The Labute approximate surface area is 168 Å². The van der Waals surface area contributed by atoms with Crippen LogP contribution in [0, 0.1) is 0 Å². The lowest BCUT2D eigenvalue weighted by Gasteiger charge is -2.28. The molecule has 1 aliphatic rings. The largest absolute Gasteiger partial charge is 0.504 e. The molecule has 0 saturated carbocycles. The van der Waals surface area contributed by atoms with Gasteiger partial charge in [-0.2, -0.15) is 0 Å². The van der Waals surface area contributed by atoms with E-state index in [1.54, 1.807) is 19.2 Å². The number of hydrogen-bond donors (Lipinski definition) is 2. The first kappa shape index (κ1) is 18.9. The minimum atomic E-state index is -0.593. The highest BCUT2D eigenvalue weighted by atomic mass is 16.5. The molecule has 2 N–H and O–H groups in total. The second-order valence-corrected chi connectivity index (χ2v) is 7.35. The Kier molecular flexibility index (Phi) is 4.70. The van der Waals surface area contributed by atoms with Crippen LogP contribution >= 0.6 is 0 Å². The van der Waals surface area contributed by atoms with E-state index < -0.39 is 6.10 Å². The van der Waals surface area contributed by atoms with Crippen LogP contribution in [0.2, 0.25) is 0 Å². The third-order valence-electron chi connectivity index (χ3n) is 5.11. The molecule has 6 heteroatoms. The van der Waals surface area contributed by atoms with E-state index in [2.05, 4.69) is 0 Å². The zero-order chi connectivity index (χ0) is 20.7. The molecule has 1 aromatic heterocycles. The van der Waals surface area contributed by atoms with Crippen molar-refractivity contribution in [3.05, 3.63) is 58.9 Å². The first-order valence-corrected chi connectivity index (χ1v) is 9.35. The van der Waals surface area contributed by atoms with Crippen molar-refractivity contribution in [3.8, 4) is 23.0 Å². The van der Waals surface area contributed by atoms with Gasteiger partial charge >= 0.3 is 0 Å². The Bertz CT molecular complexity index is 1130. The van der Waals surface area contributed by atoms with E-state index in [1.807, 2.05) is 19.9 Å². The highest BCUT2D eigenvalue weighted by molar-refractivity contribution is 6.11. The highest BCUT2D eigenvalue weighted by Crippen LogP contribution is 2.47. The number of hydrogen-bond acceptors (Lipinski definition) is 6. The van der Waals surface area contributed by atoms with Crippen molar-refractivity contribution in [2.24, 2.45) is 0 Å². The molecule has 0 spiro atoms. The van der Waals surface area contributed by atoms with E-state index in [-0.39, 0.29) is 23.7 Å². The molecule has 29 heavy (non-hydrogen) atoms. The first-order chi connectivity index (χ1) is 13.9. The molecule has 0 saturated heterocycles. The summed E-state index contributed by atoms with van der Waals surface area (Å²) in [5.41, 5.74) is 3.39. The van der Waals surface area contributed by atoms with Gasteiger partial charge in [0.15, 0.2) is 22.9 Å². The SMILES string of the molecule is COc1c(CC=C(C)C)c2c(c3occc13)C(=O)C[C@H](c1ccc(O)c(O)c1)O2. The fourth-order valence-electron chi connectivity index (χ4n) is 3.69. The number of carbonyl (C=O) groups excluding carboxylic acids is 1. The summed E-state index contributed by atoms with van der Waals surface area (Å²) in [6.07, 6.45) is 3.63. The Morgan fingerprint density at radius 1 is 1.24 bits per heavy atom. The Morgan fingerprint density at radius 2 is 2.03 bits per heavy atom. The van der Waals surface area contributed by atoms with Gasteiger partial charge in [-0.25, -0.2) is 0 Å². The average molecular weight is 394 g/mol. The maximum absolute atomic E-state index is 13.1. The summed E-state index contributed by atoms with van der Waals surface area (Å²) in [5.74, 6) is 0.472. The van der Waals surface area contributed by atoms with Gasteiger partial charge in [0.2, 0.25) is 0 Å². The van der Waals surface area contributed by atoms with Crippen LogP contribution in [-0.2, 0) is 6.42 Å². The van der Waals surface area contributed by atoms with E-state index in [0.717, 1.165) is 16.5 Å². The quantitative estimate of drug-likeness (QED) is 0.474. The molecule has 1 atom stereocenters. The summed E-state index contributed by atoms with van der Waals surface area (Å²) >= 11 is 0. The maximum Gasteiger partial charge on any atom is 0.174 e. The molecule has 0 fully saturated rings. The van der Waals surface area contributed by atoms with Gasteiger partial charge in [-0.15, -0.1) is 0 Å². The number of ketones is 1. The second-order valence-electron chi connectivity index (χ2n) is 7.35. The molecule has 150 valence electrons. The average Bonchev–Trinajstić information content (AvgIpc) is 3.16.